The monoisotopic (exact) mass is 362 g/mol. The van der Waals surface area contributed by atoms with E-state index in [1.165, 1.54) is 16.9 Å². The van der Waals surface area contributed by atoms with E-state index in [0.29, 0.717) is 24.4 Å². The molecule has 1 heterocycles. The number of hydrogen-bond acceptors (Lipinski definition) is 4. The van der Waals surface area contributed by atoms with E-state index in [-0.39, 0.29) is 18.3 Å². The second-order valence-corrected chi connectivity index (χ2v) is 6.87. The van der Waals surface area contributed by atoms with Crippen LogP contribution in [0.25, 0.3) is 10.2 Å². The highest BCUT2D eigenvalue weighted by atomic mass is 32.1. The summed E-state index contributed by atoms with van der Waals surface area (Å²) in [7, 11) is 0. The normalized spacial score (nSPS) is 11.9. The number of amides is 1. The van der Waals surface area contributed by atoms with E-state index in [2.05, 4.69) is 31.0 Å². The van der Waals surface area contributed by atoms with Crippen LogP contribution in [-0.4, -0.2) is 23.1 Å². The van der Waals surface area contributed by atoms with Gasteiger partial charge in [-0.05, 0) is 37.5 Å². The summed E-state index contributed by atoms with van der Waals surface area (Å²) in [6, 6.07) is 6.26. The summed E-state index contributed by atoms with van der Waals surface area (Å²) < 4.78 is 8.06. The van der Waals surface area contributed by atoms with Gasteiger partial charge in [-0.3, -0.25) is 9.59 Å². The summed E-state index contributed by atoms with van der Waals surface area (Å²) in [5, 5.41) is 0. The van der Waals surface area contributed by atoms with Gasteiger partial charge < -0.3 is 9.30 Å². The SMILES string of the molecule is CCCCC(=O)N=c1sc2cc(CC)ccc2n1CCC(=O)OCC. The molecule has 1 amide bonds. The fraction of sp³-hybridized carbons (Fsp3) is 0.526. The number of nitrogens with zero attached hydrogens (tertiary/aromatic N) is 2. The van der Waals surface area contributed by atoms with Gasteiger partial charge in [0.05, 0.1) is 23.2 Å². The first kappa shape index (κ1) is 19.4. The summed E-state index contributed by atoms with van der Waals surface area (Å²) in [6.45, 7) is 6.80. The van der Waals surface area contributed by atoms with Crippen molar-refractivity contribution in [3.8, 4) is 0 Å². The second-order valence-electron chi connectivity index (χ2n) is 5.86. The summed E-state index contributed by atoms with van der Waals surface area (Å²) >= 11 is 1.50. The third-order valence-electron chi connectivity index (χ3n) is 3.96. The van der Waals surface area contributed by atoms with Crippen LogP contribution < -0.4 is 4.80 Å². The zero-order valence-electron chi connectivity index (χ0n) is 15.2. The fourth-order valence-corrected chi connectivity index (χ4v) is 3.70. The van der Waals surface area contributed by atoms with Crippen molar-refractivity contribution in [2.75, 3.05) is 6.61 Å². The Morgan fingerprint density at radius 3 is 2.68 bits per heavy atom. The maximum absolute atomic E-state index is 12.1. The van der Waals surface area contributed by atoms with Crippen LogP contribution in [0.2, 0.25) is 0 Å². The number of rotatable bonds is 8. The van der Waals surface area contributed by atoms with Crippen molar-refractivity contribution in [2.45, 2.75) is 59.4 Å². The minimum Gasteiger partial charge on any atom is -0.466 e. The van der Waals surface area contributed by atoms with Crippen molar-refractivity contribution in [3.63, 3.8) is 0 Å². The lowest BCUT2D eigenvalue weighted by Crippen LogP contribution is -2.19. The van der Waals surface area contributed by atoms with Crippen LogP contribution in [0, 0.1) is 0 Å². The summed E-state index contributed by atoms with van der Waals surface area (Å²) in [5.41, 5.74) is 2.25. The molecule has 2 rings (SSSR count). The third-order valence-corrected chi connectivity index (χ3v) is 5.01. The molecule has 6 heteroatoms. The van der Waals surface area contributed by atoms with E-state index < -0.39 is 0 Å². The molecule has 0 atom stereocenters. The van der Waals surface area contributed by atoms with Crippen molar-refractivity contribution in [3.05, 3.63) is 28.6 Å². The lowest BCUT2D eigenvalue weighted by atomic mass is 10.2. The molecule has 1 aromatic heterocycles. The molecule has 0 spiro atoms. The standard InChI is InChI=1S/C19H26N2O3S/c1-4-7-8-17(22)20-19-21(12-11-18(23)24-6-3)15-10-9-14(5-2)13-16(15)25-19/h9-10,13H,4-8,11-12H2,1-3H3. The number of ether oxygens (including phenoxy) is 1. The van der Waals surface area contributed by atoms with Gasteiger partial charge in [-0.15, -0.1) is 0 Å². The van der Waals surface area contributed by atoms with Gasteiger partial charge in [-0.2, -0.15) is 4.99 Å². The molecule has 5 nitrogen and oxygen atoms in total. The molecule has 0 radical (unpaired) electrons. The topological polar surface area (TPSA) is 60.7 Å². The number of benzene rings is 1. The van der Waals surface area contributed by atoms with Crippen LogP contribution >= 0.6 is 11.3 Å². The molecule has 0 aliphatic heterocycles. The number of carbonyl (C=O) groups is 2. The van der Waals surface area contributed by atoms with E-state index in [1.54, 1.807) is 6.92 Å². The number of carbonyl (C=O) groups excluding carboxylic acids is 2. The highest BCUT2D eigenvalue weighted by Crippen LogP contribution is 2.20. The Hall–Kier alpha value is -1.95. The summed E-state index contributed by atoms with van der Waals surface area (Å²) in [5.74, 6) is -0.336. The quantitative estimate of drug-likeness (QED) is 0.671. The number of aryl methyl sites for hydroxylation is 2. The van der Waals surface area contributed by atoms with Gasteiger partial charge in [0, 0.05) is 13.0 Å². The minimum absolute atomic E-state index is 0.103. The molecule has 0 saturated heterocycles. The Morgan fingerprint density at radius 1 is 1.20 bits per heavy atom. The average Bonchev–Trinajstić information content (AvgIpc) is 2.94. The predicted octanol–water partition coefficient (Wildman–Crippen LogP) is 3.84. The molecule has 25 heavy (non-hydrogen) atoms. The maximum Gasteiger partial charge on any atom is 0.307 e. The summed E-state index contributed by atoms with van der Waals surface area (Å²) in [6.07, 6.45) is 3.50. The molecular formula is C19H26N2O3S. The molecule has 0 saturated carbocycles. The third kappa shape index (κ3) is 5.26. The Balaban J connectivity index is 2.39. The fourth-order valence-electron chi connectivity index (χ4n) is 2.57. The number of hydrogen-bond donors (Lipinski definition) is 0. The van der Waals surface area contributed by atoms with Crippen LogP contribution in [0.5, 0.6) is 0 Å². The predicted molar refractivity (Wildman–Crippen MR) is 101 cm³/mol. The smallest absolute Gasteiger partial charge is 0.307 e. The van der Waals surface area contributed by atoms with Gasteiger partial charge in [0.15, 0.2) is 4.80 Å². The molecule has 0 aliphatic carbocycles. The van der Waals surface area contributed by atoms with E-state index in [4.69, 9.17) is 4.74 Å². The zero-order valence-corrected chi connectivity index (χ0v) is 16.0. The van der Waals surface area contributed by atoms with Gasteiger partial charge in [-0.1, -0.05) is 37.7 Å². The number of fused-ring (bicyclic) bond motifs is 1. The molecule has 2 aromatic rings. The molecule has 0 unspecified atom stereocenters. The molecule has 1 aromatic carbocycles. The van der Waals surface area contributed by atoms with Gasteiger partial charge in [0.25, 0.3) is 0 Å². The lowest BCUT2D eigenvalue weighted by molar-refractivity contribution is -0.143. The lowest BCUT2D eigenvalue weighted by Gasteiger charge is -2.06. The average molecular weight is 362 g/mol. The van der Waals surface area contributed by atoms with Crippen LogP contribution in [0.4, 0.5) is 0 Å². The van der Waals surface area contributed by atoms with E-state index >= 15 is 0 Å². The van der Waals surface area contributed by atoms with Crippen molar-refractivity contribution < 1.29 is 14.3 Å². The molecule has 136 valence electrons. The number of esters is 1. The van der Waals surface area contributed by atoms with Crippen molar-refractivity contribution >= 4 is 33.4 Å². The Bertz CT molecular complexity index is 805. The molecular weight excluding hydrogens is 336 g/mol. The van der Waals surface area contributed by atoms with E-state index in [0.717, 1.165) is 29.5 Å². The minimum atomic E-state index is -0.234. The van der Waals surface area contributed by atoms with E-state index in [1.807, 2.05) is 10.6 Å². The van der Waals surface area contributed by atoms with Crippen molar-refractivity contribution in [1.29, 1.82) is 0 Å². The maximum atomic E-state index is 12.1. The highest BCUT2D eigenvalue weighted by molar-refractivity contribution is 7.16. The first-order valence-electron chi connectivity index (χ1n) is 8.94. The van der Waals surface area contributed by atoms with Crippen LogP contribution in [0.1, 0.15) is 52.0 Å². The van der Waals surface area contributed by atoms with Crippen molar-refractivity contribution in [1.82, 2.24) is 4.57 Å². The number of aromatic nitrogens is 1. The van der Waals surface area contributed by atoms with Crippen LogP contribution in [0.15, 0.2) is 23.2 Å². The molecule has 0 aliphatic rings. The number of unbranched alkanes of at least 4 members (excludes halogenated alkanes) is 1. The largest absolute Gasteiger partial charge is 0.466 e. The Morgan fingerprint density at radius 2 is 2.00 bits per heavy atom. The summed E-state index contributed by atoms with van der Waals surface area (Å²) in [4.78, 5) is 28.8. The van der Waals surface area contributed by atoms with Crippen molar-refractivity contribution in [2.24, 2.45) is 4.99 Å². The molecule has 0 bridgehead atoms. The van der Waals surface area contributed by atoms with Gasteiger partial charge in [0.2, 0.25) is 5.91 Å². The second kappa shape index (κ2) is 9.51. The molecule has 0 fully saturated rings. The van der Waals surface area contributed by atoms with E-state index in [9.17, 15) is 9.59 Å². The van der Waals surface area contributed by atoms with Crippen LogP contribution in [0.3, 0.4) is 0 Å². The molecule has 0 N–H and O–H groups in total. The highest BCUT2D eigenvalue weighted by Gasteiger charge is 2.11. The first-order chi connectivity index (χ1) is 12.1. The Kier molecular flexibility index (Phi) is 7.37. The van der Waals surface area contributed by atoms with Gasteiger partial charge in [0.1, 0.15) is 0 Å². The Labute approximate surface area is 152 Å². The van der Waals surface area contributed by atoms with Crippen LogP contribution in [-0.2, 0) is 27.3 Å². The van der Waals surface area contributed by atoms with Gasteiger partial charge >= 0.3 is 5.97 Å². The zero-order chi connectivity index (χ0) is 18.2. The first-order valence-corrected chi connectivity index (χ1v) is 9.76. The number of thiazole rings is 1. The van der Waals surface area contributed by atoms with Gasteiger partial charge in [-0.25, -0.2) is 0 Å².